The van der Waals surface area contributed by atoms with Gasteiger partial charge in [0.05, 0.1) is 0 Å². The van der Waals surface area contributed by atoms with Gasteiger partial charge in [0, 0.05) is 22.2 Å². The van der Waals surface area contributed by atoms with Crippen molar-refractivity contribution in [3.8, 4) is 10.4 Å². The predicted molar refractivity (Wildman–Crippen MR) is 152 cm³/mol. The Balaban J connectivity index is 0.00000162. The second kappa shape index (κ2) is 12.6. The number of hydrogen-bond acceptors (Lipinski definition) is 2. The minimum Gasteiger partial charge on any atom is -0.299 e. The molecule has 0 saturated carbocycles. The summed E-state index contributed by atoms with van der Waals surface area (Å²) >= 11 is 1.93. The third-order valence-electron chi connectivity index (χ3n) is 6.89. The van der Waals surface area contributed by atoms with Crippen LogP contribution in [0, 0.1) is 12.8 Å². The number of halogens is 2. The molecule has 2 heterocycles. The molecule has 0 radical (unpaired) electrons. The molecular weight excluding hydrogens is 477 g/mol. The van der Waals surface area contributed by atoms with Crippen LogP contribution in [0.2, 0.25) is 0 Å². The summed E-state index contributed by atoms with van der Waals surface area (Å²) < 4.78 is 0. The highest BCUT2D eigenvalue weighted by molar-refractivity contribution is 7.15. The molecule has 5 rings (SSSR count). The maximum absolute atomic E-state index is 2.66. The lowest BCUT2D eigenvalue weighted by Gasteiger charge is -2.36. The Morgan fingerprint density at radius 2 is 1.26 bits per heavy atom. The first kappa shape index (κ1) is 26.5. The van der Waals surface area contributed by atoms with Gasteiger partial charge in [-0.2, -0.15) is 0 Å². The van der Waals surface area contributed by atoms with Crippen molar-refractivity contribution in [3.05, 3.63) is 119 Å². The minimum absolute atomic E-state index is 0. The molecule has 1 nitrogen and oxygen atoms in total. The molecule has 4 aromatic rings. The molecule has 1 fully saturated rings. The highest BCUT2D eigenvalue weighted by atomic mass is 35.5. The lowest BCUT2D eigenvalue weighted by Crippen LogP contribution is -2.35. The van der Waals surface area contributed by atoms with Crippen molar-refractivity contribution in [2.75, 3.05) is 13.1 Å². The molecule has 178 valence electrons. The zero-order valence-electron chi connectivity index (χ0n) is 19.6. The smallest absolute Gasteiger partial charge is 0.0348 e. The molecule has 0 unspecified atom stereocenters. The molecule has 1 aliphatic heterocycles. The molecule has 0 N–H and O–H groups in total. The molecule has 0 aliphatic carbocycles. The zero-order valence-corrected chi connectivity index (χ0v) is 22.0. The van der Waals surface area contributed by atoms with Crippen molar-refractivity contribution in [2.24, 2.45) is 5.92 Å². The molecule has 3 aromatic carbocycles. The van der Waals surface area contributed by atoms with Crippen molar-refractivity contribution in [3.63, 3.8) is 0 Å². The molecule has 0 bridgehead atoms. The number of aryl methyl sites for hydroxylation is 1. The molecule has 1 saturated heterocycles. The number of piperidine rings is 1. The number of likely N-dealkylation sites (tertiary alicyclic amines) is 1. The zero-order chi connectivity index (χ0) is 21.8. The lowest BCUT2D eigenvalue weighted by atomic mass is 9.76. The average Bonchev–Trinajstić information content (AvgIpc) is 3.22. The standard InChI is InChI=1S/C30H31NS.2ClH/c1-23-28(21-29(32-23)24-11-5-2-6-12-24)22-31-19-17-27(18-20-31)30(25-13-7-3-8-14-25)26-15-9-4-10-16-26;;/h2-16,21,27,30H,17-20,22H2,1H3;2*1H. The van der Waals surface area contributed by atoms with Crippen LogP contribution in [0.15, 0.2) is 97.1 Å². The normalized spacial score (nSPS) is 14.4. The highest BCUT2D eigenvalue weighted by Gasteiger charge is 2.29. The number of benzene rings is 3. The SMILES string of the molecule is Cc1sc(-c2ccccc2)cc1CN1CCC(C(c2ccccc2)c2ccccc2)CC1.Cl.Cl. The maximum atomic E-state index is 2.66. The van der Waals surface area contributed by atoms with Crippen molar-refractivity contribution in [1.29, 1.82) is 0 Å². The van der Waals surface area contributed by atoms with Gasteiger partial charge in [0.2, 0.25) is 0 Å². The van der Waals surface area contributed by atoms with Gasteiger partial charge in [0.25, 0.3) is 0 Å². The third-order valence-corrected chi connectivity index (χ3v) is 8.04. The van der Waals surface area contributed by atoms with Gasteiger partial charge in [0.15, 0.2) is 0 Å². The quantitative estimate of drug-likeness (QED) is 0.251. The van der Waals surface area contributed by atoms with Gasteiger partial charge in [-0.3, -0.25) is 4.90 Å². The molecule has 0 spiro atoms. The Morgan fingerprint density at radius 1 is 0.765 bits per heavy atom. The van der Waals surface area contributed by atoms with Crippen molar-refractivity contribution in [1.82, 2.24) is 4.90 Å². The second-order valence-corrected chi connectivity index (χ2v) is 10.2. The van der Waals surface area contributed by atoms with Crippen molar-refractivity contribution < 1.29 is 0 Å². The van der Waals surface area contributed by atoms with E-state index in [1.165, 1.54) is 57.9 Å². The summed E-state index contributed by atoms with van der Waals surface area (Å²) in [7, 11) is 0. The largest absolute Gasteiger partial charge is 0.299 e. The van der Waals surface area contributed by atoms with E-state index in [0.717, 1.165) is 6.54 Å². The van der Waals surface area contributed by atoms with E-state index in [0.29, 0.717) is 11.8 Å². The Morgan fingerprint density at radius 3 is 1.79 bits per heavy atom. The van der Waals surface area contributed by atoms with E-state index in [1.54, 1.807) is 0 Å². The third kappa shape index (κ3) is 6.12. The molecule has 0 amide bonds. The lowest BCUT2D eigenvalue weighted by molar-refractivity contribution is 0.168. The number of hydrogen-bond donors (Lipinski definition) is 0. The fraction of sp³-hybridized carbons (Fsp3) is 0.267. The summed E-state index contributed by atoms with van der Waals surface area (Å²) in [6.45, 7) is 5.71. The summed E-state index contributed by atoms with van der Waals surface area (Å²) in [6, 6.07) is 35.4. The van der Waals surface area contributed by atoms with Crippen LogP contribution in [-0.2, 0) is 6.54 Å². The van der Waals surface area contributed by atoms with Crippen LogP contribution >= 0.6 is 36.2 Å². The first-order chi connectivity index (χ1) is 15.8. The van der Waals surface area contributed by atoms with Gasteiger partial charge < -0.3 is 0 Å². The summed E-state index contributed by atoms with van der Waals surface area (Å²) in [6.07, 6.45) is 2.51. The minimum atomic E-state index is 0. The van der Waals surface area contributed by atoms with Gasteiger partial charge in [0.1, 0.15) is 0 Å². The molecular formula is C30H33Cl2NS. The average molecular weight is 511 g/mol. The van der Waals surface area contributed by atoms with Gasteiger partial charge in [-0.05, 0) is 67.1 Å². The Bertz CT molecular complexity index is 1080. The Labute approximate surface area is 220 Å². The van der Waals surface area contributed by atoms with E-state index in [2.05, 4.69) is 109 Å². The predicted octanol–water partition coefficient (Wildman–Crippen LogP) is 8.61. The summed E-state index contributed by atoms with van der Waals surface area (Å²) in [5.41, 5.74) is 5.74. The van der Waals surface area contributed by atoms with Crippen LogP contribution in [0.1, 0.15) is 40.3 Å². The summed E-state index contributed by atoms with van der Waals surface area (Å²) in [5.74, 6) is 1.19. The fourth-order valence-electron chi connectivity index (χ4n) is 5.16. The van der Waals surface area contributed by atoms with Crippen LogP contribution in [0.4, 0.5) is 0 Å². The van der Waals surface area contributed by atoms with Gasteiger partial charge in [-0.1, -0.05) is 91.0 Å². The molecule has 1 aliphatic rings. The van der Waals surface area contributed by atoms with Gasteiger partial charge in [-0.15, -0.1) is 36.2 Å². The number of nitrogens with zero attached hydrogens (tertiary/aromatic N) is 1. The van der Waals surface area contributed by atoms with Crippen LogP contribution in [0.25, 0.3) is 10.4 Å². The van der Waals surface area contributed by atoms with Gasteiger partial charge >= 0.3 is 0 Å². The van der Waals surface area contributed by atoms with E-state index in [9.17, 15) is 0 Å². The van der Waals surface area contributed by atoms with E-state index < -0.39 is 0 Å². The molecule has 4 heteroatoms. The second-order valence-electron chi connectivity index (χ2n) is 8.97. The Kier molecular flexibility index (Phi) is 9.79. The maximum Gasteiger partial charge on any atom is 0.0348 e. The van der Waals surface area contributed by atoms with E-state index in [1.807, 2.05) is 11.3 Å². The molecule has 1 aromatic heterocycles. The van der Waals surface area contributed by atoms with Gasteiger partial charge in [-0.25, -0.2) is 0 Å². The fourth-order valence-corrected chi connectivity index (χ4v) is 6.20. The topological polar surface area (TPSA) is 3.24 Å². The van der Waals surface area contributed by atoms with Crippen molar-refractivity contribution in [2.45, 2.75) is 32.2 Å². The van der Waals surface area contributed by atoms with E-state index >= 15 is 0 Å². The molecule has 34 heavy (non-hydrogen) atoms. The highest BCUT2D eigenvalue weighted by Crippen LogP contribution is 2.39. The summed E-state index contributed by atoms with van der Waals surface area (Å²) in [5, 5.41) is 0. The van der Waals surface area contributed by atoms with Crippen molar-refractivity contribution >= 4 is 36.2 Å². The van der Waals surface area contributed by atoms with Crippen LogP contribution in [-0.4, -0.2) is 18.0 Å². The first-order valence-electron chi connectivity index (χ1n) is 11.7. The van der Waals surface area contributed by atoms with Crippen LogP contribution in [0.3, 0.4) is 0 Å². The number of rotatable bonds is 6. The first-order valence-corrected chi connectivity index (χ1v) is 12.6. The summed E-state index contributed by atoms with van der Waals surface area (Å²) in [4.78, 5) is 5.51. The number of thiophene rings is 1. The van der Waals surface area contributed by atoms with Crippen LogP contribution < -0.4 is 0 Å². The Hall–Kier alpha value is -2.10. The molecule has 0 atom stereocenters. The van der Waals surface area contributed by atoms with E-state index in [-0.39, 0.29) is 24.8 Å². The van der Waals surface area contributed by atoms with Crippen LogP contribution in [0.5, 0.6) is 0 Å². The van der Waals surface area contributed by atoms with E-state index in [4.69, 9.17) is 0 Å². The monoisotopic (exact) mass is 509 g/mol.